The molecular formula is C22H36N4O5S. The first-order valence-corrected chi connectivity index (χ1v) is 13.4. The number of hydrogen-bond donors (Lipinski definition) is 1. The zero-order valence-electron chi connectivity index (χ0n) is 19.2. The molecule has 3 aliphatic rings. The van der Waals surface area contributed by atoms with Gasteiger partial charge < -0.3 is 19.5 Å². The van der Waals surface area contributed by atoms with Gasteiger partial charge in [-0.1, -0.05) is 12.1 Å². The van der Waals surface area contributed by atoms with E-state index in [1.165, 1.54) is 0 Å². The lowest BCUT2D eigenvalue weighted by Gasteiger charge is -2.38. The fourth-order valence-corrected chi connectivity index (χ4v) is 6.76. The highest BCUT2D eigenvalue weighted by Gasteiger charge is 2.36. The maximum absolute atomic E-state index is 13.1. The number of amides is 1. The summed E-state index contributed by atoms with van der Waals surface area (Å²) >= 11 is 0. The second kappa shape index (κ2) is 10.2. The first-order chi connectivity index (χ1) is 15.4. The third kappa shape index (κ3) is 5.89. The molecule has 0 spiro atoms. The van der Waals surface area contributed by atoms with Crippen molar-refractivity contribution >= 4 is 15.9 Å². The number of carbonyl (C=O) groups excluding carboxylic acids is 1. The Balaban J connectivity index is 1.24. The van der Waals surface area contributed by atoms with Crippen LogP contribution in [0.3, 0.4) is 0 Å². The first-order valence-electron chi connectivity index (χ1n) is 11.8. The number of nitrogens with zero attached hydrogens (tertiary/aromatic N) is 3. The highest BCUT2D eigenvalue weighted by Crippen LogP contribution is 2.40. The Morgan fingerprint density at radius 2 is 1.97 bits per heavy atom. The minimum atomic E-state index is -3.30. The topological polar surface area (TPSA) is 105 Å². The van der Waals surface area contributed by atoms with Crippen LogP contribution in [-0.4, -0.2) is 86.9 Å². The van der Waals surface area contributed by atoms with Crippen LogP contribution in [0.15, 0.2) is 10.6 Å². The summed E-state index contributed by atoms with van der Waals surface area (Å²) in [5, 5.41) is 6.94. The Kier molecular flexibility index (Phi) is 7.54. The Morgan fingerprint density at radius 3 is 2.62 bits per heavy atom. The van der Waals surface area contributed by atoms with Crippen molar-refractivity contribution in [3.05, 3.63) is 17.5 Å². The molecule has 10 heteroatoms. The van der Waals surface area contributed by atoms with Crippen LogP contribution < -0.4 is 5.32 Å². The maximum atomic E-state index is 13.1. The van der Waals surface area contributed by atoms with Gasteiger partial charge in [0.2, 0.25) is 10.0 Å². The van der Waals surface area contributed by atoms with Crippen LogP contribution in [0.1, 0.15) is 61.2 Å². The van der Waals surface area contributed by atoms with Crippen molar-refractivity contribution in [2.75, 3.05) is 52.2 Å². The summed E-state index contributed by atoms with van der Waals surface area (Å²) in [7, 11) is -1.60. The molecule has 2 atom stereocenters. The van der Waals surface area contributed by atoms with Crippen LogP contribution in [0.2, 0.25) is 0 Å². The zero-order valence-corrected chi connectivity index (χ0v) is 20.0. The van der Waals surface area contributed by atoms with Crippen LogP contribution in [0.5, 0.6) is 0 Å². The summed E-state index contributed by atoms with van der Waals surface area (Å²) in [5.41, 5.74) is 0.311. The molecule has 1 aromatic heterocycles. The standard InChI is InChI=1S/C22H36N4O5S/c1-16-14-26(32(28,29)15-17-5-8-25(9-6-17)11-12-30-2)10-7-19(16)23-22(27)20-13-21(31-24-20)18-3-4-18/h13,16-19H,3-12,14-15H2,1-2H3,(H,23,27)/t16-,19+/m0/s1. The number of likely N-dealkylation sites (tertiary alicyclic amines) is 1. The minimum absolute atomic E-state index is 0.0353. The second-order valence-electron chi connectivity index (χ2n) is 9.65. The highest BCUT2D eigenvalue weighted by atomic mass is 32.2. The molecule has 1 saturated carbocycles. The quantitative estimate of drug-likeness (QED) is 0.588. The fourth-order valence-electron chi connectivity index (χ4n) is 4.77. The van der Waals surface area contributed by atoms with Crippen molar-refractivity contribution in [1.29, 1.82) is 0 Å². The molecule has 2 aliphatic heterocycles. The molecule has 32 heavy (non-hydrogen) atoms. The largest absolute Gasteiger partial charge is 0.383 e. The van der Waals surface area contributed by atoms with E-state index in [9.17, 15) is 13.2 Å². The van der Waals surface area contributed by atoms with E-state index in [4.69, 9.17) is 9.26 Å². The van der Waals surface area contributed by atoms with Crippen LogP contribution in [0.25, 0.3) is 0 Å². The van der Waals surface area contributed by atoms with E-state index in [1.54, 1.807) is 17.5 Å². The number of aromatic nitrogens is 1. The number of hydrogen-bond acceptors (Lipinski definition) is 7. The molecule has 1 aromatic rings. The number of carbonyl (C=O) groups is 1. The van der Waals surface area contributed by atoms with Crippen molar-refractivity contribution in [1.82, 2.24) is 19.7 Å². The summed E-state index contributed by atoms with van der Waals surface area (Å²) in [6.45, 7) is 6.35. The predicted octanol–water partition coefficient (Wildman–Crippen LogP) is 1.68. The van der Waals surface area contributed by atoms with Gasteiger partial charge in [-0.05, 0) is 57.0 Å². The lowest BCUT2D eigenvalue weighted by atomic mass is 9.95. The van der Waals surface area contributed by atoms with Crippen molar-refractivity contribution in [2.45, 2.75) is 51.0 Å². The van der Waals surface area contributed by atoms with Crippen LogP contribution in [0, 0.1) is 11.8 Å². The number of ether oxygens (including phenoxy) is 1. The smallest absolute Gasteiger partial charge is 0.273 e. The molecule has 0 unspecified atom stereocenters. The summed E-state index contributed by atoms with van der Waals surface area (Å²) in [6, 6.07) is 1.66. The molecule has 1 N–H and O–H groups in total. The number of rotatable bonds is 9. The number of sulfonamides is 1. The van der Waals surface area contributed by atoms with E-state index >= 15 is 0 Å². The van der Waals surface area contributed by atoms with Crippen LogP contribution in [-0.2, 0) is 14.8 Å². The molecule has 9 nitrogen and oxygen atoms in total. The first kappa shape index (κ1) is 23.7. The fraction of sp³-hybridized carbons (Fsp3) is 0.818. The molecular weight excluding hydrogens is 432 g/mol. The van der Waals surface area contributed by atoms with Crippen molar-refractivity contribution in [3.8, 4) is 0 Å². The molecule has 1 aliphatic carbocycles. The van der Waals surface area contributed by atoms with Crippen LogP contribution in [0.4, 0.5) is 0 Å². The van der Waals surface area contributed by atoms with E-state index < -0.39 is 10.0 Å². The molecule has 3 heterocycles. The van der Waals surface area contributed by atoms with Gasteiger partial charge in [-0.2, -0.15) is 0 Å². The molecule has 4 rings (SSSR count). The third-order valence-electron chi connectivity index (χ3n) is 7.08. The van der Waals surface area contributed by atoms with Gasteiger partial charge >= 0.3 is 0 Å². The summed E-state index contributed by atoms with van der Waals surface area (Å²) in [5.74, 6) is 1.42. The molecule has 0 bridgehead atoms. The third-order valence-corrected chi connectivity index (χ3v) is 9.09. The summed E-state index contributed by atoms with van der Waals surface area (Å²) < 4.78 is 38.2. The van der Waals surface area contributed by atoms with E-state index in [2.05, 4.69) is 15.4 Å². The normalized spacial score (nSPS) is 26.3. The Morgan fingerprint density at radius 1 is 1.22 bits per heavy atom. The lowest BCUT2D eigenvalue weighted by molar-refractivity contribution is 0.0891. The molecule has 180 valence electrons. The molecule has 0 aromatic carbocycles. The number of methoxy groups -OCH3 is 1. The molecule has 1 amide bonds. The minimum Gasteiger partial charge on any atom is -0.383 e. The van der Waals surface area contributed by atoms with Crippen molar-refractivity contribution in [2.24, 2.45) is 11.8 Å². The predicted molar refractivity (Wildman–Crippen MR) is 120 cm³/mol. The van der Waals surface area contributed by atoms with Gasteiger partial charge in [-0.25, -0.2) is 12.7 Å². The van der Waals surface area contributed by atoms with Gasteiger partial charge in [-0.3, -0.25) is 4.79 Å². The van der Waals surface area contributed by atoms with Gasteiger partial charge in [0.1, 0.15) is 5.76 Å². The van der Waals surface area contributed by atoms with Gasteiger partial charge in [0.25, 0.3) is 5.91 Å². The maximum Gasteiger partial charge on any atom is 0.273 e. The monoisotopic (exact) mass is 468 g/mol. The Hall–Kier alpha value is -1.49. The van der Waals surface area contributed by atoms with Crippen LogP contribution >= 0.6 is 0 Å². The van der Waals surface area contributed by atoms with Crippen molar-refractivity contribution < 1.29 is 22.5 Å². The molecule has 3 fully saturated rings. The number of piperidine rings is 2. The number of nitrogens with one attached hydrogen (secondary N) is 1. The van der Waals surface area contributed by atoms with E-state index in [-0.39, 0.29) is 29.5 Å². The van der Waals surface area contributed by atoms with Crippen molar-refractivity contribution in [3.63, 3.8) is 0 Å². The summed E-state index contributed by atoms with van der Waals surface area (Å²) in [6.07, 6.45) is 4.60. The summed E-state index contributed by atoms with van der Waals surface area (Å²) in [4.78, 5) is 14.9. The van der Waals surface area contributed by atoms with Gasteiger partial charge in [-0.15, -0.1) is 0 Å². The molecule has 0 radical (unpaired) electrons. The molecule has 2 saturated heterocycles. The average molecular weight is 469 g/mol. The van der Waals surface area contributed by atoms with Gasteiger partial charge in [0.05, 0.1) is 12.4 Å². The van der Waals surface area contributed by atoms with E-state index in [0.29, 0.717) is 37.7 Å². The van der Waals surface area contributed by atoms with E-state index in [1.807, 2.05) is 6.92 Å². The SMILES string of the molecule is COCCN1CCC(CS(=O)(=O)N2CC[C@@H](NC(=O)c3cc(C4CC4)on3)[C@@H](C)C2)CC1. The Bertz CT molecular complexity index is 877. The van der Waals surface area contributed by atoms with Gasteiger partial charge in [0.15, 0.2) is 5.69 Å². The highest BCUT2D eigenvalue weighted by molar-refractivity contribution is 7.89. The van der Waals surface area contributed by atoms with E-state index in [0.717, 1.165) is 51.1 Å². The zero-order chi connectivity index (χ0) is 22.7. The van der Waals surface area contributed by atoms with Gasteiger partial charge in [0, 0.05) is 44.8 Å². The lowest BCUT2D eigenvalue weighted by Crippen LogP contribution is -2.52. The Labute approximate surface area is 190 Å². The second-order valence-corrected chi connectivity index (χ2v) is 11.7. The average Bonchev–Trinajstić information content (AvgIpc) is 3.50.